The lowest BCUT2D eigenvalue weighted by Crippen LogP contribution is -2.41. The van der Waals surface area contributed by atoms with Crippen molar-refractivity contribution < 1.29 is 9.53 Å². The van der Waals surface area contributed by atoms with Crippen LogP contribution in [0.2, 0.25) is 0 Å². The summed E-state index contributed by atoms with van der Waals surface area (Å²) in [5, 5.41) is 0. The van der Waals surface area contributed by atoms with Gasteiger partial charge in [-0.05, 0) is 32.4 Å². The number of hydrogen-bond donors (Lipinski definition) is 1. The summed E-state index contributed by atoms with van der Waals surface area (Å²) in [6.07, 6.45) is 0.946. The summed E-state index contributed by atoms with van der Waals surface area (Å²) in [6, 6.07) is 5.85. The van der Waals surface area contributed by atoms with Crippen molar-refractivity contribution in [3.8, 4) is 11.8 Å². The molecule has 4 nitrogen and oxygen atoms in total. The molecule has 0 aromatic heterocycles. The first-order chi connectivity index (χ1) is 10.0. The standard InChI is InChI=1S/C17H22N2O2/c1-12-6-7-14(5-4-9-18)15(11-12)17(20)19(3)16-8-10-21-13(16)2/h6-7,11,13,16H,8-10,18H2,1-3H3. The Morgan fingerprint density at radius 1 is 1.52 bits per heavy atom. The van der Waals surface area contributed by atoms with Crippen LogP contribution in [0, 0.1) is 18.8 Å². The van der Waals surface area contributed by atoms with Crippen molar-refractivity contribution >= 4 is 5.91 Å². The first-order valence-electron chi connectivity index (χ1n) is 7.23. The van der Waals surface area contributed by atoms with Gasteiger partial charge in [0.05, 0.1) is 24.3 Å². The molecule has 0 aliphatic carbocycles. The number of likely N-dealkylation sites (N-methyl/N-ethyl adjacent to an activating group) is 1. The van der Waals surface area contributed by atoms with Crippen molar-refractivity contribution in [1.82, 2.24) is 4.90 Å². The molecule has 1 aromatic carbocycles. The van der Waals surface area contributed by atoms with E-state index in [9.17, 15) is 4.79 Å². The Morgan fingerprint density at radius 3 is 2.90 bits per heavy atom. The average molecular weight is 286 g/mol. The minimum atomic E-state index is -0.0117. The van der Waals surface area contributed by atoms with E-state index in [2.05, 4.69) is 11.8 Å². The highest BCUT2D eigenvalue weighted by molar-refractivity contribution is 5.97. The number of carbonyl (C=O) groups excluding carboxylic acids is 1. The summed E-state index contributed by atoms with van der Waals surface area (Å²) < 4.78 is 5.55. The molecule has 2 unspecified atom stereocenters. The van der Waals surface area contributed by atoms with E-state index in [1.165, 1.54) is 0 Å². The summed E-state index contributed by atoms with van der Waals surface area (Å²) in [5.41, 5.74) is 7.83. The number of nitrogens with two attached hydrogens (primary N) is 1. The molecule has 112 valence electrons. The number of nitrogens with zero attached hydrogens (tertiary/aromatic N) is 1. The Balaban J connectivity index is 2.31. The summed E-state index contributed by atoms with van der Waals surface area (Å²) >= 11 is 0. The van der Waals surface area contributed by atoms with E-state index in [1.54, 1.807) is 4.90 Å². The summed E-state index contributed by atoms with van der Waals surface area (Å²) in [5.74, 6) is 5.79. The maximum absolute atomic E-state index is 12.8. The molecule has 1 fully saturated rings. The molecule has 2 atom stereocenters. The minimum absolute atomic E-state index is 0.0117. The Morgan fingerprint density at radius 2 is 2.29 bits per heavy atom. The Hall–Kier alpha value is -1.83. The van der Waals surface area contributed by atoms with E-state index in [4.69, 9.17) is 10.5 Å². The van der Waals surface area contributed by atoms with E-state index in [0.29, 0.717) is 12.2 Å². The number of hydrogen-bond acceptors (Lipinski definition) is 3. The second-order valence-corrected chi connectivity index (χ2v) is 5.40. The van der Waals surface area contributed by atoms with Gasteiger partial charge in [0.1, 0.15) is 0 Å². The minimum Gasteiger partial charge on any atom is -0.376 e. The average Bonchev–Trinajstić information content (AvgIpc) is 2.90. The monoisotopic (exact) mass is 286 g/mol. The van der Waals surface area contributed by atoms with Crippen LogP contribution in [0.3, 0.4) is 0 Å². The molecule has 1 aliphatic heterocycles. The van der Waals surface area contributed by atoms with Crippen molar-refractivity contribution in [3.05, 3.63) is 34.9 Å². The number of ether oxygens (including phenoxy) is 1. The molecule has 1 saturated heterocycles. The number of amides is 1. The third-order valence-corrected chi connectivity index (χ3v) is 3.88. The second-order valence-electron chi connectivity index (χ2n) is 5.40. The molecule has 0 radical (unpaired) electrons. The fourth-order valence-electron chi connectivity index (χ4n) is 2.66. The van der Waals surface area contributed by atoms with E-state index in [1.807, 2.05) is 39.1 Å². The number of benzene rings is 1. The van der Waals surface area contributed by atoms with Gasteiger partial charge in [-0.2, -0.15) is 0 Å². The predicted molar refractivity (Wildman–Crippen MR) is 83.0 cm³/mol. The smallest absolute Gasteiger partial charge is 0.255 e. The Kier molecular flexibility index (Phi) is 5.00. The van der Waals surface area contributed by atoms with Gasteiger partial charge in [0.2, 0.25) is 0 Å². The van der Waals surface area contributed by atoms with Gasteiger partial charge in [0.25, 0.3) is 5.91 Å². The molecule has 0 bridgehead atoms. The van der Waals surface area contributed by atoms with E-state index in [0.717, 1.165) is 17.5 Å². The normalized spacial score (nSPS) is 20.8. The van der Waals surface area contributed by atoms with E-state index in [-0.39, 0.29) is 24.6 Å². The predicted octanol–water partition coefficient (Wildman–Crippen LogP) is 1.55. The van der Waals surface area contributed by atoms with Crippen LogP contribution < -0.4 is 5.73 Å². The van der Waals surface area contributed by atoms with Gasteiger partial charge in [0.15, 0.2) is 0 Å². The van der Waals surface area contributed by atoms with Crippen LogP contribution in [-0.2, 0) is 4.74 Å². The Labute approximate surface area is 126 Å². The van der Waals surface area contributed by atoms with Crippen LogP contribution >= 0.6 is 0 Å². The fourth-order valence-corrected chi connectivity index (χ4v) is 2.66. The van der Waals surface area contributed by atoms with Crippen molar-refractivity contribution in [2.24, 2.45) is 5.73 Å². The highest BCUT2D eigenvalue weighted by atomic mass is 16.5. The zero-order chi connectivity index (χ0) is 15.4. The van der Waals surface area contributed by atoms with Crippen molar-refractivity contribution in [1.29, 1.82) is 0 Å². The van der Waals surface area contributed by atoms with Crippen LogP contribution in [-0.4, -0.2) is 43.2 Å². The Bertz CT molecular complexity index is 586. The van der Waals surface area contributed by atoms with Crippen LogP contribution in [0.15, 0.2) is 18.2 Å². The third kappa shape index (κ3) is 3.44. The molecular formula is C17H22N2O2. The molecule has 1 aliphatic rings. The van der Waals surface area contributed by atoms with Crippen molar-refractivity contribution in [2.75, 3.05) is 20.2 Å². The number of rotatable bonds is 2. The molecule has 0 spiro atoms. The first kappa shape index (κ1) is 15.6. The van der Waals surface area contributed by atoms with Crippen LogP contribution in [0.25, 0.3) is 0 Å². The highest BCUT2D eigenvalue weighted by Gasteiger charge is 2.31. The molecular weight excluding hydrogens is 264 g/mol. The van der Waals surface area contributed by atoms with Crippen molar-refractivity contribution in [2.45, 2.75) is 32.4 Å². The van der Waals surface area contributed by atoms with Gasteiger partial charge in [0, 0.05) is 19.2 Å². The molecule has 1 heterocycles. The summed E-state index contributed by atoms with van der Waals surface area (Å²) in [4.78, 5) is 14.6. The van der Waals surface area contributed by atoms with Gasteiger partial charge in [-0.1, -0.05) is 23.5 Å². The molecule has 2 rings (SSSR count). The van der Waals surface area contributed by atoms with Gasteiger partial charge in [-0.15, -0.1) is 0 Å². The number of carbonyl (C=O) groups is 1. The lowest BCUT2D eigenvalue weighted by atomic mass is 10.0. The zero-order valence-corrected chi connectivity index (χ0v) is 12.8. The molecule has 1 amide bonds. The topological polar surface area (TPSA) is 55.6 Å². The highest BCUT2D eigenvalue weighted by Crippen LogP contribution is 2.21. The van der Waals surface area contributed by atoms with Gasteiger partial charge < -0.3 is 15.4 Å². The van der Waals surface area contributed by atoms with Gasteiger partial charge >= 0.3 is 0 Å². The van der Waals surface area contributed by atoms with Crippen molar-refractivity contribution in [3.63, 3.8) is 0 Å². The largest absolute Gasteiger partial charge is 0.376 e. The van der Waals surface area contributed by atoms with E-state index >= 15 is 0 Å². The molecule has 0 saturated carbocycles. The summed E-state index contributed by atoms with van der Waals surface area (Å²) in [7, 11) is 1.83. The molecule has 1 aromatic rings. The lowest BCUT2D eigenvalue weighted by Gasteiger charge is -2.27. The van der Waals surface area contributed by atoms with Crippen LogP contribution in [0.5, 0.6) is 0 Å². The lowest BCUT2D eigenvalue weighted by molar-refractivity contribution is 0.0574. The number of aryl methyl sites for hydroxylation is 1. The van der Waals surface area contributed by atoms with Gasteiger partial charge in [-0.3, -0.25) is 4.79 Å². The first-order valence-corrected chi connectivity index (χ1v) is 7.23. The molecule has 4 heteroatoms. The molecule has 2 N–H and O–H groups in total. The van der Waals surface area contributed by atoms with Crippen LogP contribution in [0.1, 0.15) is 34.8 Å². The SMILES string of the molecule is Cc1ccc(C#CCN)c(C(=O)N(C)C2CCOC2C)c1. The second kappa shape index (κ2) is 6.75. The fraction of sp³-hybridized carbons (Fsp3) is 0.471. The third-order valence-electron chi connectivity index (χ3n) is 3.88. The quantitative estimate of drug-likeness (QED) is 0.839. The van der Waals surface area contributed by atoms with Gasteiger partial charge in [-0.25, -0.2) is 0 Å². The van der Waals surface area contributed by atoms with Crippen LogP contribution in [0.4, 0.5) is 0 Å². The van der Waals surface area contributed by atoms with E-state index < -0.39 is 0 Å². The summed E-state index contributed by atoms with van der Waals surface area (Å²) in [6.45, 7) is 4.97. The molecule has 21 heavy (non-hydrogen) atoms. The maximum atomic E-state index is 12.8. The zero-order valence-electron chi connectivity index (χ0n) is 12.8. The maximum Gasteiger partial charge on any atom is 0.255 e.